The number of esters is 1. The van der Waals surface area contributed by atoms with Gasteiger partial charge in [-0.05, 0) is 26.7 Å². The molecule has 0 aliphatic rings. The molecule has 0 radical (unpaired) electrons. The first-order valence-electron chi connectivity index (χ1n) is 5.94. The molecule has 0 aromatic carbocycles. The normalized spacial score (nSPS) is 13.3. The van der Waals surface area contributed by atoms with Gasteiger partial charge in [0.15, 0.2) is 0 Å². The van der Waals surface area contributed by atoms with Gasteiger partial charge in [0, 0.05) is 6.04 Å². The molecule has 15 heavy (non-hydrogen) atoms. The number of rotatable bonds is 7. The molecule has 90 valence electrons. The van der Waals surface area contributed by atoms with Gasteiger partial charge in [-0.3, -0.25) is 4.79 Å². The van der Waals surface area contributed by atoms with E-state index in [2.05, 4.69) is 26.1 Å². The van der Waals surface area contributed by atoms with Gasteiger partial charge in [-0.2, -0.15) is 0 Å². The summed E-state index contributed by atoms with van der Waals surface area (Å²) >= 11 is 0. The highest BCUT2D eigenvalue weighted by Gasteiger charge is 2.14. The van der Waals surface area contributed by atoms with Crippen LogP contribution < -0.4 is 5.32 Å². The molecule has 0 amide bonds. The fraction of sp³-hybridized carbons (Fsp3) is 0.917. The van der Waals surface area contributed by atoms with E-state index in [1.165, 1.54) is 0 Å². The number of hydrogen-bond acceptors (Lipinski definition) is 3. The number of carbonyl (C=O) groups is 1. The Morgan fingerprint density at radius 3 is 2.13 bits per heavy atom. The zero-order valence-electron chi connectivity index (χ0n) is 10.7. The minimum absolute atomic E-state index is 0.0252. The van der Waals surface area contributed by atoms with Crippen molar-refractivity contribution in [2.45, 2.75) is 59.6 Å². The predicted molar refractivity (Wildman–Crippen MR) is 62.8 cm³/mol. The van der Waals surface area contributed by atoms with Crippen molar-refractivity contribution >= 4 is 5.97 Å². The highest BCUT2D eigenvalue weighted by Crippen LogP contribution is 2.12. The van der Waals surface area contributed by atoms with Crippen LogP contribution in [-0.2, 0) is 9.53 Å². The molecule has 0 aliphatic carbocycles. The van der Waals surface area contributed by atoms with Crippen LogP contribution in [0.4, 0.5) is 0 Å². The third-order valence-corrected chi connectivity index (χ3v) is 2.69. The molecule has 0 rings (SSSR count). The van der Waals surface area contributed by atoms with Gasteiger partial charge >= 0.3 is 5.97 Å². The highest BCUT2D eigenvalue weighted by molar-refractivity contribution is 5.71. The van der Waals surface area contributed by atoms with Crippen molar-refractivity contribution < 1.29 is 9.53 Å². The fourth-order valence-corrected chi connectivity index (χ4v) is 1.71. The summed E-state index contributed by atoms with van der Waals surface area (Å²) in [5, 5.41) is 3.22. The molecule has 0 heterocycles. The van der Waals surface area contributed by atoms with Gasteiger partial charge in [-0.25, -0.2) is 0 Å². The Morgan fingerprint density at radius 1 is 1.20 bits per heavy atom. The predicted octanol–water partition coefficient (Wildman–Crippen LogP) is 2.35. The number of nitrogens with one attached hydrogen (secondary N) is 1. The molecule has 0 aromatic heterocycles. The van der Waals surface area contributed by atoms with E-state index in [0.29, 0.717) is 18.5 Å². The Balaban J connectivity index is 3.78. The van der Waals surface area contributed by atoms with Crippen molar-refractivity contribution in [2.24, 2.45) is 5.92 Å². The molecule has 3 heteroatoms. The van der Waals surface area contributed by atoms with Crippen LogP contribution in [0.25, 0.3) is 0 Å². The largest absolute Gasteiger partial charge is 0.462 e. The fourth-order valence-electron chi connectivity index (χ4n) is 1.71. The smallest absolute Gasteiger partial charge is 0.320 e. The molecule has 0 fully saturated rings. The topological polar surface area (TPSA) is 38.3 Å². The van der Waals surface area contributed by atoms with E-state index in [1.807, 2.05) is 13.8 Å². The van der Waals surface area contributed by atoms with Crippen LogP contribution in [0.5, 0.6) is 0 Å². The van der Waals surface area contributed by atoms with Gasteiger partial charge in [-0.15, -0.1) is 0 Å². The van der Waals surface area contributed by atoms with Gasteiger partial charge in [0.2, 0.25) is 0 Å². The lowest BCUT2D eigenvalue weighted by Crippen LogP contribution is -2.37. The second-order valence-corrected chi connectivity index (χ2v) is 4.28. The Bertz CT molecular complexity index is 176. The molecular weight excluding hydrogens is 190 g/mol. The van der Waals surface area contributed by atoms with Crippen LogP contribution in [0.15, 0.2) is 0 Å². The average Bonchev–Trinajstić information content (AvgIpc) is 2.15. The molecule has 0 spiro atoms. The lowest BCUT2D eigenvalue weighted by molar-refractivity contribution is -0.146. The van der Waals surface area contributed by atoms with E-state index >= 15 is 0 Å². The summed E-state index contributed by atoms with van der Waals surface area (Å²) < 4.78 is 5.05. The maximum absolute atomic E-state index is 11.3. The number of carbonyl (C=O) groups excluding carboxylic acids is 1. The summed E-state index contributed by atoms with van der Waals surface area (Å²) in [5.74, 6) is 0.472. The van der Waals surface area contributed by atoms with Crippen molar-refractivity contribution in [2.75, 3.05) is 6.54 Å². The Labute approximate surface area is 93.6 Å². The quantitative estimate of drug-likeness (QED) is 0.662. The third kappa shape index (κ3) is 6.50. The first kappa shape index (κ1) is 14.4. The van der Waals surface area contributed by atoms with E-state index < -0.39 is 0 Å². The lowest BCUT2D eigenvalue weighted by Gasteiger charge is -2.22. The van der Waals surface area contributed by atoms with E-state index in [-0.39, 0.29) is 12.1 Å². The maximum atomic E-state index is 11.3. The summed E-state index contributed by atoms with van der Waals surface area (Å²) in [6.07, 6.45) is 2.26. The first-order valence-corrected chi connectivity index (χ1v) is 5.94. The van der Waals surface area contributed by atoms with Gasteiger partial charge in [0.1, 0.15) is 0 Å². The Hall–Kier alpha value is -0.570. The van der Waals surface area contributed by atoms with Gasteiger partial charge < -0.3 is 10.1 Å². The Morgan fingerprint density at radius 2 is 1.73 bits per heavy atom. The maximum Gasteiger partial charge on any atom is 0.320 e. The minimum Gasteiger partial charge on any atom is -0.462 e. The Kier molecular flexibility index (Phi) is 7.39. The van der Waals surface area contributed by atoms with Crippen LogP contribution >= 0.6 is 0 Å². The van der Waals surface area contributed by atoms with Gasteiger partial charge in [-0.1, -0.05) is 26.7 Å². The van der Waals surface area contributed by atoms with Crippen molar-refractivity contribution in [3.8, 4) is 0 Å². The summed E-state index contributed by atoms with van der Waals surface area (Å²) in [6.45, 7) is 10.5. The number of ether oxygens (including phenoxy) is 1. The van der Waals surface area contributed by atoms with E-state index in [0.717, 1.165) is 12.8 Å². The zero-order chi connectivity index (χ0) is 11.8. The van der Waals surface area contributed by atoms with Crippen LogP contribution in [0.3, 0.4) is 0 Å². The highest BCUT2D eigenvalue weighted by atomic mass is 16.5. The molecule has 0 saturated heterocycles. The van der Waals surface area contributed by atoms with Crippen LogP contribution in [0.2, 0.25) is 0 Å². The van der Waals surface area contributed by atoms with Crippen LogP contribution in [0, 0.1) is 5.92 Å². The second kappa shape index (κ2) is 7.69. The second-order valence-electron chi connectivity index (χ2n) is 4.28. The summed E-state index contributed by atoms with van der Waals surface area (Å²) in [6, 6.07) is 0.375. The lowest BCUT2D eigenvalue weighted by atomic mass is 9.95. The summed E-state index contributed by atoms with van der Waals surface area (Å²) in [5.41, 5.74) is 0. The molecule has 0 bridgehead atoms. The standard InChI is InChI=1S/C12H25NO2/c1-6-11(7-2)10(5)13-8-12(14)15-9(3)4/h9-11,13H,6-8H2,1-5H3. The number of hydrogen-bond donors (Lipinski definition) is 1. The van der Waals surface area contributed by atoms with Crippen molar-refractivity contribution in [1.82, 2.24) is 5.32 Å². The van der Waals surface area contributed by atoms with E-state index in [9.17, 15) is 4.79 Å². The summed E-state index contributed by atoms with van der Waals surface area (Å²) in [7, 11) is 0. The van der Waals surface area contributed by atoms with Gasteiger partial charge in [0.05, 0.1) is 12.6 Å². The molecule has 1 N–H and O–H groups in total. The molecule has 1 atom stereocenters. The van der Waals surface area contributed by atoms with E-state index in [4.69, 9.17) is 4.74 Å². The first-order chi connectivity index (χ1) is 7.01. The van der Waals surface area contributed by atoms with Crippen LogP contribution in [-0.4, -0.2) is 24.7 Å². The zero-order valence-corrected chi connectivity index (χ0v) is 10.7. The minimum atomic E-state index is -0.164. The van der Waals surface area contributed by atoms with Crippen molar-refractivity contribution in [1.29, 1.82) is 0 Å². The van der Waals surface area contributed by atoms with Crippen molar-refractivity contribution in [3.05, 3.63) is 0 Å². The molecular formula is C12H25NO2. The van der Waals surface area contributed by atoms with Crippen molar-refractivity contribution in [3.63, 3.8) is 0 Å². The molecule has 0 aromatic rings. The molecule has 0 saturated carbocycles. The monoisotopic (exact) mass is 215 g/mol. The SMILES string of the molecule is CCC(CC)C(C)NCC(=O)OC(C)C. The summed E-state index contributed by atoms with van der Waals surface area (Å²) in [4.78, 5) is 11.3. The molecule has 1 unspecified atom stereocenters. The van der Waals surface area contributed by atoms with Crippen LogP contribution in [0.1, 0.15) is 47.5 Å². The molecule has 0 aliphatic heterocycles. The molecule has 3 nitrogen and oxygen atoms in total. The third-order valence-electron chi connectivity index (χ3n) is 2.69. The van der Waals surface area contributed by atoms with E-state index in [1.54, 1.807) is 0 Å². The van der Waals surface area contributed by atoms with Gasteiger partial charge in [0.25, 0.3) is 0 Å². The average molecular weight is 215 g/mol.